The summed E-state index contributed by atoms with van der Waals surface area (Å²) in [7, 11) is 0. The average Bonchev–Trinajstić information content (AvgIpc) is 2.62. The van der Waals surface area contributed by atoms with Crippen LogP contribution in [0.5, 0.6) is 17.2 Å². The van der Waals surface area contributed by atoms with E-state index in [-0.39, 0.29) is 5.91 Å². The molecule has 132 valence electrons. The van der Waals surface area contributed by atoms with Gasteiger partial charge in [0.1, 0.15) is 19.0 Å². The molecule has 0 fully saturated rings. The summed E-state index contributed by atoms with van der Waals surface area (Å²) in [6.07, 6.45) is -0.0632. The number of rotatable bonds is 5. The van der Waals surface area contributed by atoms with Gasteiger partial charge in [0.05, 0.1) is 0 Å². The Bertz CT molecular complexity index is 778. The quantitative estimate of drug-likeness (QED) is 0.866. The highest BCUT2D eigenvalue weighted by atomic mass is 35.5. The van der Waals surface area contributed by atoms with Crippen LogP contribution in [0.25, 0.3) is 0 Å². The summed E-state index contributed by atoms with van der Waals surface area (Å²) in [5.41, 5.74) is 1.55. The molecule has 0 aliphatic carbocycles. The predicted molar refractivity (Wildman–Crippen MR) is 97.0 cm³/mol. The maximum atomic E-state index is 12.5. The minimum atomic E-state index is -0.603. The summed E-state index contributed by atoms with van der Waals surface area (Å²) in [4.78, 5) is 12.5. The highest BCUT2D eigenvalue weighted by Gasteiger charge is 2.20. The van der Waals surface area contributed by atoms with Gasteiger partial charge in [0.25, 0.3) is 5.91 Å². The van der Waals surface area contributed by atoms with Gasteiger partial charge < -0.3 is 19.5 Å². The molecule has 5 nitrogen and oxygen atoms in total. The Balaban J connectivity index is 1.68. The van der Waals surface area contributed by atoms with Crippen LogP contribution in [0.4, 0.5) is 5.69 Å². The van der Waals surface area contributed by atoms with E-state index in [9.17, 15) is 4.79 Å². The van der Waals surface area contributed by atoms with Crippen molar-refractivity contribution in [1.29, 1.82) is 0 Å². The lowest BCUT2D eigenvalue weighted by Crippen LogP contribution is -2.32. The smallest absolute Gasteiger partial charge is 0.265 e. The number of anilines is 1. The van der Waals surface area contributed by atoms with Crippen molar-refractivity contribution >= 4 is 23.2 Å². The van der Waals surface area contributed by atoms with Crippen LogP contribution in [-0.4, -0.2) is 25.2 Å². The maximum absolute atomic E-state index is 12.5. The van der Waals surface area contributed by atoms with Gasteiger partial charge >= 0.3 is 0 Å². The van der Waals surface area contributed by atoms with Crippen molar-refractivity contribution in [2.75, 3.05) is 18.5 Å². The number of aryl methyl sites for hydroxylation is 1. The Morgan fingerprint density at radius 1 is 1.20 bits per heavy atom. The first-order chi connectivity index (χ1) is 12.1. The molecule has 1 amide bonds. The summed E-state index contributed by atoms with van der Waals surface area (Å²) in [6, 6.07) is 10.7. The van der Waals surface area contributed by atoms with Crippen LogP contribution < -0.4 is 19.5 Å². The highest BCUT2D eigenvalue weighted by molar-refractivity contribution is 6.31. The average molecular weight is 362 g/mol. The third kappa shape index (κ3) is 4.17. The molecule has 0 bridgehead atoms. The maximum Gasteiger partial charge on any atom is 0.265 e. The Kier molecular flexibility index (Phi) is 5.34. The number of carbonyl (C=O) groups excluding carboxylic acids is 1. The molecule has 1 aliphatic rings. The number of amides is 1. The molecule has 3 rings (SSSR count). The summed E-state index contributed by atoms with van der Waals surface area (Å²) in [5.74, 6) is 1.72. The van der Waals surface area contributed by atoms with E-state index in [1.54, 1.807) is 30.3 Å². The van der Waals surface area contributed by atoms with Crippen LogP contribution in [0.2, 0.25) is 5.02 Å². The lowest BCUT2D eigenvalue weighted by atomic mass is 10.2. The van der Waals surface area contributed by atoms with E-state index >= 15 is 0 Å². The molecule has 0 unspecified atom stereocenters. The van der Waals surface area contributed by atoms with Crippen LogP contribution in [0.3, 0.4) is 0 Å². The summed E-state index contributed by atoms with van der Waals surface area (Å²) in [5, 5.41) is 3.53. The van der Waals surface area contributed by atoms with Gasteiger partial charge in [0.2, 0.25) is 0 Å². The number of hydrogen-bond acceptors (Lipinski definition) is 4. The monoisotopic (exact) mass is 361 g/mol. The van der Waals surface area contributed by atoms with Crippen molar-refractivity contribution in [2.45, 2.75) is 26.4 Å². The zero-order chi connectivity index (χ0) is 17.8. The van der Waals surface area contributed by atoms with E-state index in [1.807, 2.05) is 19.9 Å². The first-order valence-electron chi connectivity index (χ1n) is 8.20. The molecule has 2 aromatic carbocycles. The number of halogens is 1. The van der Waals surface area contributed by atoms with Crippen LogP contribution >= 0.6 is 11.6 Å². The second-order valence-corrected chi connectivity index (χ2v) is 6.18. The van der Waals surface area contributed by atoms with Crippen LogP contribution in [0.15, 0.2) is 36.4 Å². The molecular formula is C19H20ClNO4. The third-order valence-electron chi connectivity index (χ3n) is 3.88. The normalized spacial score (nSPS) is 13.9. The fraction of sp³-hybridized carbons (Fsp3) is 0.316. The second-order valence-electron chi connectivity index (χ2n) is 5.77. The SMILES string of the molecule is CC[C@@H](Oc1ccc(Cl)c(C)c1)C(=O)Nc1ccc2c(c1)OCCO2. The summed E-state index contributed by atoms with van der Waals surface area (Å²) >= 11 is 6.02. The molecule has 6 heteroatoms. The summed E-state index contributed by atoms with van der Waals surface area (Å²) < 4.78 is 16.8. The fourth-order valence-corrected chi connectivity index (χ4v) is 2.64. The van der Waals surface area contributed by atoms with Gasteiger partial charge in [-0.2, -0.15) is 0 Å². The first-order valence-corrected chi connectivity index (χ1v) is 8.58. The molecule has 0 aromatic heterocycles. The van der Waals surface area contributed by atoms with Crippen LogP contribution in [0, 0.1) is 6.92 Å². The Hall–Kier alpha value is -2.40. The third-order valence-corrected chi connectivity index (χ3v) is 4.30. The van der Waals surface area contributed by atoms with E-state index in [4.69, 9.17) is 25.8 Å². The Morgan fingerprint density at radius 2 is 1.96 bits per heavy atom. The Labute approximate surface area is 151 Å². The first kappa shape index (κ1) is 17.4. The number of fused-ring (bicyclic) bond motifs is 1. The molecule has 0 radical (unpaired) electrons. The number of benzene rings is 2. The van der Waals surface area contributed by atoms with Gasteiger partial charge in [-0.05, 0) is 49.2 Å². The molecule has 1 atom stereocenters. The van der Waals surface area contributed by atoms with Gasteiger partial charge in [0, 0.05) is 16.8 Å². The van der Waals surface area contributed by atoms with E-state index in [0.717, 1.165) is 5.56 Å². The van der Waals surface area contributed by atoms with Gasteiger partial charge in [-0.25, -0.2) is 0 Å². The molecule has 25 heavy (non-hydrogen) atoms. The van der Waals surface area contributed by atoms with Gasteiger partial charge in [-0.1, -0.05) is 18.5 Å². The highest BCUT2D eigenvalue weighted by Crippen LogP contribution is 2.32. The summed E-state index contributed by atoms with van der Waals surface area (Å²) in [6.45, 7) is 4.83. The number of nitrogens with one attached hydrogen (secondary N) is 1. The van der Waals surface area contributed by atoms with Crippen molar-refractivity contribution in [3.8, 4) is 17.2 Å². The van der Waals surface area contributed by atoms with Crippen molar-refractivity contribution < 1.29 is 19.0 Å². The predicted octanol–water partition coefficient (Wildman–Crippen LogP) is 4.22. The minimum absolute atomic E-state index is 0.216. The molecule has 1 N–H and O–H groups in total. The molecule has 1 heterocycles. The van der Waals surface area contributed by atoms with Crippen molar-refractivity contribution in [3.05, 3.63) is 47.0 Å². The van der Waals surface area contributed by atoms with Crippen molar-refractivity contribution in [1.82, 2.24) is 0 Å². The topological polar surface area (TPSA) is 56.8 Å². The lowest BCUT2D eigenvalue weighted by Gasteiger charge is -2.20. The van der Waals surface area contributed by atoms with E-state index < -0.39 is 6.10 Å². The molecule has 2 aromatic rings. The van der Waals surface area contributed by atoms with E-state index in [2.05, 4.69) is 5.32 Å². The van der Waals surface area contributed by atoms with E-state index in [1.165, 1.54) is 0 Å². The van der Waals surface area contributed by atoms with Gasteiger partial charge in [0.15, 0.2) is 17.6 Å². The van der Waals surface area contributed by atoms with E-state index in [0.29, 0.717) is 47.6 Å². The molecule has 1 aliphatic heterocycles. The van der Waals surface area contributed by atoms with Crippen molar-refractivity contribution in [3.63, 3.8) is 0 Å². The molecule has 0 spiro atoms. The minimum Gasteiger partial charge on any atom is -0.486 e. The number of carbonyl (C=O) groups is 1. The largest absolute Gasteiger partial charge is 0.486 e. The zero-order valence-electron chi connectivity index (χ0n) is 14.2. The Morgan fingerprint density at radius 3 is 2.68 bits per heavy atom. The second kappa shape index (κ2) is 7.66. The zero-order valence-corrected chi connectivity index (χ0v) is 14.9. The lowest BCUT2D eigenvalue weighted by molar-refractivity contribution is -0.122. The number of ether oxygens (including phenoxy) is 3. The van der Waals surface area contributed by atoms with Gasteiger partial charge in [-0.3, -0.25) is 4.79 Å². The van der Waals surface area contributed by atoms with Crippen molar-refractivity contribution in [2.24, 2.45) is 0 Å². The fourth-order valence-electron chi connectivity index (χ4n) is 2.52. The molecule has 0 saturated heterocycles. The molecular weight excluding hydrogens is 342 g/mol. The molecule has 0 saturated carbocycles. The van der Waals surface area contributed by atoms with Crippen LogP contribution in [-0.2, 0) is 4.79 Å². The van der Waals surface area contributed by atoms with Crippen LogP contribution in [0.1, 0.15) is 18.9 Å². The van der Waals surface area contributed by atoms with Gasteiger partial charge in [-0.15, -0.1) is 0 Å². The number of hydrogen-bond donors (Lipinski definition) is 1. The standard InChI is InChI=1S/C19H20ClNO4/c1-3-16(25-14-5-6-15(20)12(2)10-14)19(22)21-13-4-7-17-18(11-13)24-9-8-23-17/h4-7,10-11,16H,3,8-9H2,1-2H3,(H,21,22)/t16-/m1/s1.